The average molecular weight is 483 g/mol. The van der Waals surface area contributed by atoms with E-state index in [0.717, 1.165) is 12.0 Å². The van der Waals surface area contributed by atoms with Crippen molar-refractivity contribution in [1.82, 2.24) is 4.90 Å². The van der Waals surface area contributed by atoms with E-state index in [1.54, 1.807) is 30.4 Å². The number of carbonyl (C=O) groups is 1. The van der Waals surface area contributed by atoms with Crippen LogP contribution in [0.1, 0.15) is 17.5 Å². The lowest BCUT2D eigenvalue weighted by Crippen LogP contribution is -2.26. The Balaban J connectivity index is 1.69. The summed E-state index contributed by atoms with van der Waals surface area (Å²) in [6.45, 7) is 0.656. The number of halogens is 4. The standard InChI is InChI=1S/C23H21F4NO4S/c24-18-10-8-16(9-11-18)5-3-13-33-21-20(31-22(29)30)7-2-12-28(21)15-17-4-1-6-19(14-17)32-23(25,26)27/h1-2,4,6-11,14H,3,5,12-13,15H2,(H,29,30). The second kappa shape index (κ2) is 11.1. The van der Waals surface area contributed by atoms with Gasteiger partial charge in [0.1, 0.15) is 16.6 Å². The smallest absolute Gasteiger partial charge is 0.449 e. The van der Waals surface area contributed by atoms with Gasteiger partial charge in [0.15, 0.2) is 5.76 Å². The summed E-state index contributed by atoms with van der Waals surface area (Å²) in [4.78, 5) is 13.0. The Labute approximate surface area is 192 Å². The zero-order valence-corrected chi connectivity index (χ0v) is 18.2. The van der Waals surface area contributed by atoms with Crippen LogP contribution in [0.4, 0.5) is 22.4 Å². The maximum absolute atomic E-state index is 13.0. The molecule has 3 rings (SSSR count). The van der Waals surface area contributed by atoms with Crippen LogP contribution in [0, 0.1) is 5.82 Å². The number of alkyl halides is 3. The summed E-state index contributed by atoms with van der Waals surface area (Å²) in [6, 6.07) is 11.9. The van der Waals surface area contributed by atoms with Crippen LogP contribution in [0.25, 0.3) is 0 Å². The van der Waals surface area contributed by atoms with Gasteiger partial charge in [-0.2, -0.15) is 0 Å². The predicted molar refractivity (Wildman–Crippen MR) is 116 cm³/mol. The molecule has 5 nitrogen and oxygen atoms in total. The van der Waals surface area contributed by atoms with Gasteiger partial charge in [0, 0.05) is 13.1 Å². The van der Waals surface area contributed by atoms with Gasteiger partial charge >= 0.3 is 12.5 Å². The van der Waals surface area contributed by atoms with Crippen molar-refractivity contribution in [3.63, 3.8) is 0 Å². The van der Waals surface area contributed by atoms with Gasteiger partial charge in [-0.25, -0.2) is 9.18 Å². The second-order valence-electron chi connectivity index (χ2n) is 7.09. The first kappa shape index (κ1) is 24.5. The van der Waals surface area contributed by atoms with Crippen LogP contribution in [-0.4, -0.2) is 34.8 Å². The van der Waals surface area contributed by atoms with E-state index in [1.807, 2.05) is 4.90 Å². The number of nitrogens with zero attached hydrogens (tertiary/aromatic N) is 1. The van der Waals surface area contributed by atoms with Gasteiger partial charge in [-0.3, -0.25) is 0 Å². The molecule has 0 unspecified atom stereocenters. The normalized spacial score (nSPS) is 13.9. The number of thioether (sulfide) groups is 1. The van der Waals surface area contributed by atoms with Crippen molar-refractivity contribution in [2.45, 2.75) is 25.7 Å². The summed E-state index contributed by atoms with van der Waals surface area (Å²) >= 11 is 1.39. The number of allylic oxidation sites excluding steroid dienone is 1. The molecule has 0 amide bonds. The fraction of sp³-hybridized carbons (Fsp3) is 0.261. The molecule has 0 bridgehead atoms. The van der Waals surface area contributed by atoms with Crippen LogP contribution in [0.15, 0.2) is 71.5 Å². The lowest BCUT2D eigenvalue weighted by molar-refractivity contribution is -0.274. The molecule has 10 heteroatoms. The van der Waals surface area contributed by atoms with Crippen molar-refractivity contribution in [1.29, 1.82) is 0 Å². The molecule has 2 aromatic rings. The van der Waals surface area contributed by atoms with Gasteiger partial charge in [0.2, 0.25) is 0 Å². The Morgan fingerprint density at radius 2 is 1.88 bits per heavy atom. The summed E-state index contributed by atoms with van der Waals surface area (Å²) < 4.78 is 59.6. The molecule has 0 aliphatic carbocycles. The minimum atomic E-state index is -4.79. The highest BCUT2D eigenvalue weighted by atomic mass is 32.2. The van der Waals surface area contributed by atoms with Gasteiger partial charge in [0.25, 0.3) is 0 Å². The number of hydrogen-bond acceptors (Lipinski definition) is 5. The fourth-order valence-corrected chi connectivity index (χ4v) is 4.28. The number of ether oxygens (including phenoxy) is 2. The number of aryl methyl sites for hydroxylation is 1. The first-order valence-corrected chi connectivity index (χ1v) is 11.0. The molecule has 0 aromatic heterocycles. The molecule has 1 aliphatic heterocycles. The van der Waals surface area contributed by atoms with Crippen molar-refractivity contribution >= 4 is 17.9 Å². The average Bonchev–Trinajstić information content (AvgIpc) is 2.72. The molecular formula is C23H21F4NO4S. The highest BCUT2D eigenvalue weighted by molar-refractivity contribution is 8.03. The zero-order chi connectivity index (χ0) is 23.8. The molecular weight excluding hydrogens is 462 g/mol. The molecule has 0 saturated heterocycles. The molecule has 0 atom stereocenters. The SMILES string of the molecule is O=C(O)OC1=C(SCCCc2ccc(F)cc2)N(Cc2cccc(OC(F)(F)F)c2)CC=C1. The molecule has 1 heterocycles. The largest absolute Gasteiger partial charge is 0.573 e. The summed E-state index contributed by atoms with van der Waals surface area (Å²) in [5, 5.41) is 9.65. The zero-order valence-electron chi connectivity index (χ0n) is 17.3. The number of benzene rings is 2. The summed E-state index contributed by atoms with van der Waals surface area (Å²) in [7, 11) is 0. The van der Waals surface area contributed by atoms with Gasteiger partial charge in [0.05, 0.1) is 0 Å². The van der Waals surface area contributed by atoms with Crippen molar-refractivity contribution in [2.24, 2.45) is 0 Å². The van der Waals surface area contributed by atoms with Gasteiger partial charge in [-0.1, -0.05) is 30.3 Å². The lowest BCUT2D eigenvalue weighted by Gasteiger charge is -2.29. The van der Waals surface area contributed by atoms with E-state index in [0.29, 0.717) is 29.3 Å². The Bertz CT molecular complexity index is 1020. The topological polar surface area (TPSA) is 59.0 Å². The van der Waals surface area contributed by atoms with E-state index in [9.17, 15) is 22.4 Å². The number of hydrogen-bond donors (Lipinski definition) is 1. The molecule has 0 fully saturated rings. The van der Waals surface area contributed by atoms with E-state index >= 15 is 0 Å². The van der Waals surface area contributed by atoms with Crippen LogP contribution in [-0.2, 0) is 17.7 Å². The van der Waals surface area contributed by atoms with E-state index in [1.165, 1.54) is 42.1 Å². The minimum Gasteiger partial charge on any atom is -0.449 e. The first-order valence-electron chi connectivity index (χ1n) is 9.98. The second-order valence-corrected chi connectivity index (χ2v) is 8.18. The third-order valence-corrected chi connectivity index (χ3v) is 5.78. The Kier molecular flexibility index (Phi) is 8.26. The Morgan fingerprint density at radius 3 is 2.58 bits per heavy atom. The number of rotatable bonds is 9. The van der Waals surface area contributed by atoms with Gasteiger partial charge < -0.3 is 19.5 Å². The van der Waals surface area contributed by atoms with Crippen LogP contribution < -0.4 is 4.74 Å². The van der Waals surface area contributed by atoms with E-state index in [-0.39, 0.29) is 23.9 Å². The van der Waals surface area contributed by atoms with Crippen molar-refractivity contribution in [2.75, 3.05) is 12.3 Å². The van der Waals surface area contributed by atoms with E-state index in [4.69, 9.17) is 9.84 Å². The highest BCUT2D eigenvalue weighted by Gasteiger charge is 2.31. The molecule has 0 saturated carbocycles. The van der Waals surface area contributed by atoms with Crippen LogP contribution >= 0.6 is 11.8 Å². The Morgan fingerprint density at radius 1 is 1.12 bits per heavy atom. The lowest BCUT2D eigenvalue weighted by atomic mass is 10.1. The van der Waals surface area contributed by atoms with Crippen LogP contribution in [0.2, 0.25) is 0 Å². The molecule has 0 radical (unpaired) electrons. The summed E-state index contributed by atoms with van der Waals surface area (Å²) in [6.07, 6.45) is -1.51. The molecule has 1 N–H and O–H groups in total. The highest BCUT2D eigenvalue weighted by Crippen LogP contribution is 2.32. The van der Waals surface area contributed by atoms with E-state index in [2.05, 4.69) is 4.74 Å². The summed E-state index contributed by atoms with van der Waals surface area (Å²) in [5.74, 6) is 0.152. The number of carboxylic acid groups (broad SMARTS) is 1. The molecule has 1 aliphatic rings. The third-order valence-electron chi connectivity index (χ3n) is 4.56. The maximum Gasteiger partial charge on any atom is 0.573 e. The summed E-state index contributed by atoms with van der Waals surface area (Å²) in [5.41, 5.74) is 1.54. The molecule has 2 aromatic carbocycles. The van der Waals surface area contributed by atoms with Crippen LogP contribution in [0.3, 0.4) is 0 Å². The molecule has 176 valence electrons. The van der Waals surface area contributed by atoms with Crippen molar-refractivity contribution in [3.05, 3.63) is 88.4 Å². The first-order chi connectivity index (χ1) is 15.7. The quantitative estimate of drug-likeness (QED) is 0.256. The van der Waals surface area contributed by atoms with E-state index < -0.39 is 12.5 Å². The van der Waals surface area contributed by atoms with Crippen molar-refractivity contribution in [3.8, 4) is 5.75 Å². The Hall–Kier alpha value is -3.14. The molecule has 0 spiro atoms. The monoisotopic (exact) mass is 483 g/mol. The third kappa shape index (κ3) is 8.05. The van der Waals surface area contributed by atoms with Gasteiger partial charge in [-0.05, 0) is 60.1 Å². The minimum absolute atomic E-state index is 0.156. The predicted octanol–water partition coefficient (Wildman–Crippen LogP) is 6.33. The maximum atomic E-state index is 13.0. The molecule has 33 heavy (non-hydrogen) atoms. The van der Waals surface area contributed by atoms with Crippen molar-refractivity contribution < 1.29 is 36.9 Å². The van der Waals surface area contributed by atoms with Gasteiger partial charge in [-0.15, -0.1) is 24.9 Å². The fourth-order valence-electron chi connectivity index (χ4n) is 3.23. The van der Waals surface area contributed by atoms with Crippen LogP contribution in [0.5, 0.6) is 5.75 Å².